The molecule has 4 nitrogen and oxygen atoms in total. The normalized spacial score (nSPS) is 20.5. The standard InChI is InChI=1S/C10H10F6N2O2/c11-8(12)6-5-7(18(17-6)3-4(19)20)10(15,16)2-1-9(5,13)14/h4,8,19-20H,1-3H2. The van der Waals surface area contributed by atoms with E-state index in [1.54, 1.807) is 0 Å². The Balaban J connectivity index is 2.69. The third kappa shape index (κ3) is 2.37. The first-order valence-electron chi connectivity index (χ1n) is 5.58. The summed E-state index contributed by atoms with van der Waals surface area (Å²) in [7, 11) is 0. The fourth-order valence-corrected chi connectivity index (χ4v) is 2.21. The lowest BCUT2D eigenvalue weighted by molar-refractivity contribution is -0.105. The molecule has 1 heterocycles. The van der Waals surface area contributed by atoms with Crippen molar-refractivity contribution >= 4 is 0 Å². The Morgan fingerprint density at radius 3 is 2.15 bits per heavy atom. The van der Waals surface area contributed by atoms with Gasteiger partial charge in [0, 0.05) is 12.8 Å². The molecule has 20 heavy (non-hydrogen) atoms. The van der Waals surface area contributed by atoms with Crippen molar-refractivity contribution in [3.05, 3.63) is 17.0 Å². The van der Waals surface area contributed by atoms with Crippen LogP contribution in [0.2, 0.25) is 0 Å². The summed E-state index contributed by atoms with van der Waals surface area (Å²) in [6.07, 6.45) is -8.17. The number of aromatic nitrogens is 2. The Morgan fingerprint density at radius 2 is 1.65 bits per heavy atom. The van der Waals surface area contributed by atoms with E-state index in [2.05, 4.69) is 5.10 Å². The zero-order valence-electron chi connectivity index (χ0n) is 9.83. The molecule has 114 valence electrons. The maximum Gasteiger partial charge on any atom is 0.290 e. The topological polar surface area (TPSA) is 58.3 Å². The molecule has 2 rings (SSSR count). The van der Waals surface area contributed by atoms with Gasteiger partial charge in [0.1, 0.15) is 11.4 Å². The molecule has 0 radical (unpaired) electrons. The van der Waals surface area contributed by atoms with Crippen LogP contribution in [0.15, 0.2) is 0 Å². The minimum absolute atomic E-state index is 0.120. The van der Waals surface area contributed by atoms with E-state index in [1.807, 2.05) is 0 Å². The van der Waals surface area contributed by atoms with Gasteiger partial charge in [-0.15, -0.1) is 0 Å². The molecule has 2 N–H and O–H groups in total. The smallest absolute Gasteiger partial charge is 0.290 e. The van der Waals surface area contributed by atoms with Crippen molar-refractivity contribution in [3.8, 4) is 0 Å². The van der Waals surface area contributed by atoms with Crippen LogP contribution in [0.4, 0.5) is 26.3 Å². The van der Waals surface area contributed by atoms with Gasteiger partial charge in [-0.3, -0.25) is 4.68 Å². The Morgan fingerprint density at radius 1 is 1.10 bits per heavy atom. The molecule has 0 saturated heterocycles. The van der Waals surface area contributed by atoms with E-state index >= 15 is 0 Å². The van der Waals surface area contributed by atoms with Gasteiger partial charge in [0.15, 0.2) is 6.29 Å². The first-order chi connectivity index (χ1) is 9.06. The first-order valence-corrected chi connectivity index (χ1v) is 5.58. The first kappa shape index (κ1) is 15.1. The highest BCUT2D eigenvalue weighted by Crippen LogP contribution is 2.52. The molecule has 0 bridgehead atoms. The fourth-order valence-electron chi connectivity index (χ4n) is 2.21. The van der Waals surface area contributed by atoms with Crippen molar-refractivity contribution in [2.24, 2.45) is 0 Å². The van der Waals surface area contributed by atoms with Crippen LogP contribution in [0.3, 0.4) is 0 Å². The monoisotopic (exact) mass is 304 g/mol. The quantitative estimate of drug-likeness (QED) is 0.664. The van der Waals surface area contributed by atoms with Gasteiger partial charge in [-0.1, -0.05) is 0 Å². The van der Waals surface area contributed by atoms with Crippen molar-refractivity contribution in [2.75, 3.05) is 0 Å². The Hall–Kier alpha value is -1.29. The summed E-state index contributed by atoms with van der Waals surface area (Å²) in [5.41, 5.74) is -4.34. The number of fused-ring (bicyclic) bond motifs is 1. The van der Waals surface area contributed by atoms with Crippen LogP contribution >= 0.6 is 0 Å². The highest BCUT2D eigenvalue weighted by molar-refractivity contribution is 5.37. The van der Waals surface area contributed by atoms with Crippen LogP contribution in [-0.2, 0) is 18.4 Å². The van der Waals surface area contributed by atoms with Crippen LogP contribution in [-0.4, -0.2) is 26.3 Å². The molecule has 1 aliphatic carbocycles. The minimum Gasteiger partial charge on any atom is -0.367 e. The van der Waals surface area contributed by atoms with E-state index in [-0.39, 0.29) is 4.68 Å². The number of hydrogen-bond acceptors (Lipinski definition) is 3. The van der Waals surface area contributed by atoms with Gasteiger partial charge in [0.05, 0.1) is 12.1 Å². The summed E-state index contributed by atoms with van der Waals surface area (Å²) < 4.78 is 80.3. The number of alkyl halides is 6. The summed E-state index contributed by atoms with van der Waals surface area (Å²) in [5.74, 6) is -7.65. The lowest BCUT2D eigenvalue weighted by Gasteiger charge is -2.29. The van der Waals surface area contributed by atoms with E-state index < -0.39 is 60.9 Å². The second kappa shape index (κ2) is 4.62. The average Bonchev–Trinajstić information content (AvgIpc) is 2.66. The van der Waals surface area contributed by atoms with Gasteiger partial charge in [0.25, 0.3) is 18.3 Å². The average molecular weight is 304 g/mol. The number of rotatable bonds is 3. The van der Waals surface area contributed by atoms with Crippen LogP contribution in [0.25, 0.3) is 0 Å². The number of nitrogens with zero attached hydrogens (tertiary/aromatic N) is 2. The van der Waals surface area contributed by atoms with Gasteiger partial charge in [-0.25, -0.2) is 17.6 Å². The third-order valence-electron chi connectivity index (χ3n) is 2.99. The zero-order valence-corrected chi connectivity index (χ0v) is 9.83. The van der Waals surface area contributed by atoms with E-state index in [0.717, 1.165) is 0 Å². The fraction of sp³-hybridized carbons (Fsp3) is 0.700. The van der Waals surface area contributed by atoms with Crippen LogP contribution < -0.4 is 0 Å². The minimum atomic E-state index is -3.86. The summed E-state index contributed by atoms with van der Waals surface area (Å²) in [5, 5.41) is 20.5. The molecule has 1 aliphatic rings. The van der Waals surface area contributed by atoms with E-state index in [4.69, 9.17) is 10.2 Å². The summed E-state index contributed by atoms with van der Waals surface area (Å²) in [4.78, 5) is 0. The molecule has 0 aromatic carbocycles. The molecule has 0 fully saturated rings. The van der Waals surface area contributed by atoms with Gasteiger partial charge in [-0.05, 0) is 0 Å². The van der Waals surface area contributed by atoms with Crippen LogP contribution in [0.1, 0.15) is 36.2 Å². The van der Waals surface area contributed by atoms with Crippen LogP contribution in [0.5, 0.6) is 0 Å². The molecule has 0 aliphatic heterocycles. The Labute approximate surface area is 108 Å². The number of aliphatic hydroxyl groups excluding tert-OH is 1. The van der Waals surface area contributed by atoms with Crippen LogP contribution in [0, 0.1) is 0 Å². The maximum absolute atomic E-state index is 13.7. The molecule has 0 spiro atoms. The molecule has 1 aromatic heterocycles. The molecule has 1 aromatic rings. The van der Waals surface area contributed by atoms with Crippen molar-refractivity contribution in [3.63, 3.8) is 0 Å². The summed E-state index contributed by atoms with van der Waals surface area (Å²) in [6, 6.07) is 0. The zero-order chi connectivity index (χ0) is 15.3. The predicted molar refractivity (Wildman–Crippen MR) is 52.4 cm³/mol. The van der Waals surface area contributed by atoms with Crippen molar-refractivity contribution in [2.45, 2.75) is 43.9 Å². The maximum atomic E-state index is 13.7. The SMILES string of the molecule is OC(O)Cn1nc(C(F)F)c2c1C(F)(F)CCC2(F)F. The Kier molecular flexibility index (Phi) is 3.49. The van der Waals surface area contributed by atoms with Gasteiger partial charge in [-0.2, -0.15) is 13.9 Å². The molecule has 0 saturated carbocycles. The molecule has 10 heteroatoms. The highest BCUT2D eigenvalue weighted by atomic mass is 19.3. The second-order valence-corrected chi connectivity index (χ2v) is 4.48. The number of halogens is 6. The lowest BCUT2D eigenvalue weighted by atomic mass is 9.89. The third-order valence-corrected chi connectivity index (χ3v) is 2.99. The molecule has 0 atom stereocenters. The Bertz CT molecular complexity index is 514. The molecule has 0 unspecified atom stereocenters. The van der Waals surface area contributed by atoms with E-state index in [0.29, 0.717) is 0 Å². The van der Waals surface area contributed by atoms with E-state index in [1.165, 1.54) is 0 Å². The number of aliphatic hydroxyl groups is 2. The van der Waals surface area contributed by atoms with Gasteiger partial charge in [0.2, 0.25) is 0 Å². The lowest BCUT2D eigenvalue weighted by Crippen LogP contribution is -2.33. The van der Waals surface area contributed by atoms with Crippen molar-refractivity contribution in [1.29, 1.82) is 0 Å². The second-order valence-electron chi connectivity index (χ2n) is 4.48. The summed E-state index contributed by atoms with van der Waals surface area (Å²) >= 11 is 0. The summed E-state index contributed by atoms with van der Waals surface area (Å²) in [6.45, 7) is -0.999. The van der Waals surface area contributed by atoms with E-state index in [9.17, 15) is 26.3 Å². The number of hydrogen-bond donors (Lipinski definition) is 2. The highest BCUT2D eigenvalue weighted by Gasteiger charge is 2.54. The van der Waals surface area contributed by atoms with Crippen molar-refractivity contribution in [1.82, 2.24) is 9.78 Å². The molecular formula is C10H10F6N2O2. The predicted octanol–water partition coefficient (Wildman–Crippen LogP) is 2.11. The molecule has 0 amide bonds. The van der Waals surface area contributed by atoms with Crippen molar-refractivity contribution < 1.29 is 36.6 Å². The van der Waals surface area contributed by atoms with Gasteiger partial charge < -0.3 is 10.2 Å². The largest absolute Gasteiger partial charge is 0.367 e. The molecular weight excluding hydrogens is 294 g/mol. The van der Waals surface area contributed by atoms with Gasteiger partial charge >= 0.3 is 0 Å².